The average Bonchev–Trinajstić information content (AvgIpc) is 2.91. The van der Waals surface area contributed by atoms with Gasteiger partial charge in [0.15, 0.2) is 0 Å². The minimum atomic E-state index is -4.10. The highest BCUT2D eigenvalue weighted by atomic mass is 19.4. The van der Waals surface area contributed by atoms with Crippen LogP contribution in [0, 0.1) is 11.8 Å². The Labute approximate surface area is 118 Å². The largest absolute Gasteiger partial charge is 0.393 e. The zero-order valence-electron chi connectivity index (χ0n) is 11.9. The molecule has 2 rings (SSSR count). The van der Waals surface area contributed by atoms with Gasteiger partial charge in [-0.2, -0.15) is 13.2 Å². The standard InChI is InChI=1S/C15H25F3O2/c16-15(17,18)12-5-1-4-11(10-12)14(19)8-2-6-13-7-3-9-20-13/h11-14,19H,1-10H2. The molecule has 0 aromatic carbocycles. The molecular formula is C15H25F3O2. The van der Waals surface area contributed by atoms with E-state index in [9.17, 15) is 18.3 Å². The highest BCUT2D eigenvalue weighted by molar-refractivity contribution is 4.82. The van der Waals surface area contributed by atoms with Crippen molar-refractivity contribution < 1.29 is 23.0 Å². The average molecular weight is 294 g/mol. The lowest BCUT2D eigenvalue weighted by Gasteiger charge is -2.33. The number of halogens is 3. The third kappa shape index (κ3) is 4.62. The van der Waals surface area contributed by atoms with Gasteiger partial charge in [-0.25, -0.2) is 0 Å². The predicted molar refractivity (Wildman–Crippen MR) is 70.3 cm³/mol. The van der Waals surface area contributed by atoms with Crippen molar-refractivity contribution in [3.05, 3.63) is 0 Å². The number of hydrogen-bond acceptors (Lipinski definition) is 2. The Bertz CT molecular complexity index is 287. The number of ether oxygens (including phenoxy) is 1. The minimum absolute atomic E-state index is 0.102. The van der Waals surface area contributed by atoms with Gasteiger partial charge in [0.25, 0.3) is 0 Å². The molecule has 5 heteroatoms. The van der Waals surface area contributed by atoms with Crippen LogP contribution in [0.1, 0.15) is 57.8 Å². The second-order valence-corrected chi connectivity index (χ2v) is 6.30. The highest BCUT2D eigenvalue weighted by Gasteiger charge is 2.43. The first-order valence-corrected chi connectivity index (χ1v) is 7.83. The summed E-state index contributed by atoms with van der Waals surface area (Å²) < 4.78 is 43.7. The summed E-state index contributed by atoms with van der Waals surface area (Å²) in [7, 11) is 0. The summed E-state index contributed by atoms with van der Waals surface area (Å²) in [5, 5.41) is 10.1. The molecular weight excluding hydrogens is 269 g/mol. The molecule has 1 aliphatic carbocycles. The van der Waals surface area contributed by atoms with Crippen LogP contribution in [-0.2, 0) is 4.74 Å². The van der Waals surface area contributed by atoms with E-state index in [0.717, 1.165) is 38.7 Å². The van der Waals surface area contributed by atoms with E-state index in [1.807, 2.05) is 0 Å². The number of hydrogen-bond donors (Lipinski definition) is 1. The summed E-state index contributed by atoms with van der Waals surface area (Å²) in [4.78, 5) is 0. The fourth-order valence-corrected chi connectivity index (χ4v) is 3.54. The number of alkyl halides is 3. The lowest BCUT2D eigenvalue weighted by Crippen LogP contribution is -2.33. The second-order valence-electron chi connectivity index (χ2n) is 6.30. The van der Waals surface area contributed by atoms with Gasteiger partial charge in [-0.15, -0.1) is 0 Å². The van der Waals surface area contributed by atoms with Gasteiger partial charge in [-0.1, -0.05) is 6.42 Å². The second kappa shape index (κ2) is 7.12. The SMILES string of the molecule is OC(CCCC1CCCO1)C1CCCC(C(F)(F)F)C1. The van der Waals surface area contributed by atoms with Gasteiger partial charge < -0.3 is 9.84 Å². The first-order valence-electron chi connectivity index (χ1n) is 7.83. The normalized spacial score (nSPS) is 33.3. The molecule has 2 aliphatic rings. The van der Waals surface area contributed by atoms with Crippen LogP contribution in [0.15, 0.2) is 0 Å². The van der Waals surface area contributed by atoms with Gasteiger partial charge >= 0.3 is 6.18 Å². The van der Waals surface area contributed by atoms with Crippen molar-refractivity contribution in [3.63, 3.8) is 0 Å². The van der Waals surface area contributed by atoms with Crippen LogP contribution in [0.5, 0.6) is 0 Å². The third-order valence-electron chi connectivity index (χ3n) is 4.77. The van der Waals surface area contributed by atoms with Gasteiger partial charge in [0.2, 0.25) is 0 Å². The molecule has 1 N–H and O–H groups in total. The Morgan fingerprint density at radius 1 is 1.15 bits per heavy atom. The van der Waals surface area contributed by atoms with Gasteiger partial charge in [0.1, 0.15) is 0 Å². The van der Waals surface area contributed by atoms with E-state index in [1.54, 1.807) is 0 Å². The first kappa shape index (κ1) is 16.1. The van der Waals surface area contributed by atoms with E-state index >= 15 is 0 Å². The van der Waals surface area contributed by atoms with E-state index in [1.165, 1.54) is 0 Å². The topological polar surface area (TPSA) is 29.5 Å². The molecule has 1 saturated carbocycles. The molecule has 1 aliphatic heterocycles. The monoisotopic (exact) mass is 294 g/mol. The summed E-state index contributed by atoms with van der Waals surface area (Å²) in [6, 6.07) is 0. The summed E-state index contributed by atoms with van der Waals surface area (Å²) >= 11 is 0. The van der Waals surface area contributed by atoms with Crippen molar-refractivity contribution in [2.75, 3.05) is 6.61 Å². The zero-order chi connectivity index (χ0) is 14.6. The summed E-state index contributed by atoms with van der Waals surface area (Å²) in [6.45, 7) is 0.823. The van der Waals surface area contributed by atoms with Gasteiger partial charge in [0, 0.05) is 6.61 Å². The molecule has 0 aromatic heterocycles. The Hall–Kier alpha value is -0.290. The fourth-order valence-electron chi connectivity index (χ4n) is 3.54. The van der Waals surface area contributed by atoms with E-state index in [-0.39, 0.29) is 18.8 Å². The highest BCUT2D eigenvalue weighted by Crippen LogP contribution is 2.41. The van der Waals surface area contributed by atoms with E-state index < -0.39 is 18.2 Å². The lowest BCUT2D eigenvalue weighted by molar-refractivity contribution is -0.188. The molecule has 1 saturated heterocycles. The quantitative estimate of drug-likeness (QED) is 0.828. The van der Waals surface area contributed by atoms with Crippen molar-refractivity contribution in [1.29, 1.82) is 0 Å². The predicted octanol–water partition coefficient (Wildman–Crippen LogP) is 4.07. The van der Waals surface area contributed by atoms with Crippen molar-refractivity contribution in [2.45, 2.75) is 76.2 Å². The van der Waals surface area contributed by atoms with Crippen LogP contribution in [0.25, 0.3) is 0 Å². The summed E-state index contributed by atoms with van der Waals surface area (Å²) in [6.07, 6.45) is 1.81. The van der Waals surface area contributed by atoms with Crippen molar-refractivity contribution in [2.24, 2.45) is 11.8 Å². The Balaban J connectivity index is 1.69. The lowest BCUT2D eigenvalue weighted by atomic mass is 9.77. The maximum atomic E-state index is 12.7. The van der Waals surface area contributed by atoms with Crippen molar-refractivity contribution >= 4 is 0 Å². The van der Waals surface area contributed by atoms with Gasteiger partial charge in [-0.3, -0.25) is 0 Å². The van der Waals surface area contributed by atoms with E-state index in [2.05, 4.69) is 0 Å². The molecule has 1 heterocycles. The van der Waals surface area contributed by atoms with E-state index in [4.69, 9.17) is 4.74 Å². The van der Waals surface area contributed by atoms with Crippen LogP contribution in [0.3, 0.4) is 0 Å². The van der Waals surface area contributed by atoms with E-state index in [0.29, 0.717) is 18.9 Å². The smallest absolute Gasteiger partial charge is 0.391 e. The molecule has 4 atom stereocenters. The molecule has 0 spiro atoms. The van der Waals surface area contributed by atoms with Crippen LogP contribution in [0.4, 0.5) is 13.2 Å². The Kier molecular flexibility index (Phi) is 5.73. The number of aliphatic hydroxyl groups is 1. The fraction of sp³-hybridized carbons (Fsp3) is 1.00. The maximum Gasteiger partial charge on any atom is 0.391 e. The molecule has 0 amide bonds. The van der Waals surface area contributed by atoms with Crippen LogP contribution in [-0.4, -0.2) is 30.1 Å². The molecule has 0 radical (unpaired) electrons. The van der Waals surface area contributed by atoms with Crippen LogP contribution < -0.4 is 0 Å². The number of rotatable bonds is 5. The van der Waals surface area contributed by atoms with Gasteiger partial charge in [0.05, 0.1) is 18.1 Å². The molecule has 20 heavy (non-hydrogen) atoms. The third-order valence-corrected chi connectivity index (χ3v) is 4.77. The summed E-state index contributed by atoms with van der Waals surface area (Å²) in [5.74, 6) is -1.39. The first-order chi connectivity index (χ1) is 9.47. The minimum Gasteiger partial charge on any atom is -0.393 e. The Morgan fingerprint density at radius 3 is 2.60 bits per heavy atom. The van der Waals surface area contributed by atoms with Crippen LogP contribution in [0.2, 0.25) is 0 Å². The summed E-state index contributed by atoms with van der Waals surface area (Å²) in [5.41, 5.74) is 0. The van der Waals surface area contributed by atoms with Gasteiger partial charge in [-0.05, 0) is 57.3 Å². The van der Waals surface area contributed by atoms with Crippen molar-refractivity contribution in [1.82, 2.24) is 0 Å². The molecule has 118 valence electrons. The van der Waals surface area contributed by atoms with Crippen molar-refractivity contribution in [3.8, 4) is 0 Å². The molecule has 2 fully saturated rings. The Morgan fingerprint density at radius 2 is 1.95 bits per heavy atom. The molecule has 0 aromatic rings. The van der Waals surface area contributed by atoms with Crippen LogP contribution >= 0.6 is 0 Å². The molecule has 2 nitrogen and oxygen atoms in total. The zero-order valence-corrected chi connectivity index (χ0v) is 11.9. The number of aliphatic hydroxyl groups excluding tert-OH is 1. The maximum absolute atomic E-state index is 12.7. The molecule has 4 unspecified atom stereocenters. The molecule has 0 bridgehead atoms.